The Morgan fingerprint density at radius 3 is 1.93 bits per heavy atom. The number of hydrogen-bond donors (Lipinski definition) is 0. The number of thiophene rings is 1. The number of aromatic nitrogens is 2. The molecule has 0 fully saturated rings. The van der Waals surface area contributed by atoms with E-state index in [-0.39, 0.29) is 0 Å². The van der Waals surface area contributed by atoms with Crippen molar-refractivity contribution in [3.8, 4) is 22.5 Å². The Morgan fingerprint density at radius 2 is 1.17 bits per heavy atom. The van der Waals surface area contributed by atoms with Crippen molar-refractivity contribution >= 4 is 48.8 Å². The monoisotopic (exact) mass is 563 g/mol. The lowest BCUT2D eigenvalue weighted by molar-refractivity contribution is -0.656. The summed E-state index contributed by atoms with van der Waals surface area (Å²) in [5.74, 6) is 2.18. The highest BCUT2D eigenvalue weighted by atomic mass is 32.1. The lowest BCUT2D eigenvalue weighted by Gasteiger charge is -2.21. The lowest BCUT2D eigenvalue weighted by Crippen LogP contribution is -2.43. The minimum Gasteiger partial charge on any atom is -0.229 e. The van der Waals surface area contributed by atoms with Crippen LogP contribution >= 0.6 is 11.3 Å². The molecule has 0 radical (unpaired) electrons. The smallest absolute Gasteiger partial charge is 0.229 e. The van der Waals surface area contributed by atoms with Crippen LogP contribution < -0.4 is 14.0 Å². The van der Waals surface area contributed by atoms with Crippen LogP contribution in [0.2, 0.25) is 0 Å². The maximum absolute atomic E-state index is 2.37. The van der Waals surface area contributed by atoms with Gasteiger partial charge >= 0.3 is 0 Å². The van der Waals surface area contributed by atoms with Gasteiger partial charge in [-0.05, 0) is 67.4 Å². The molecule has 7 rings (SSSR count). The van der Waals surface area contributed by atoms with E-state index in [1.807, 2.05) is 11.3 Å². The Morgan fingerprint density at radius 1 is 0.524 bits per heavy atom. The van der Waals surface area contributed by atoms with Gasteiger partial charge in [0.15, 0.2) is 0 Å². The molecule has 0 unspecified atom stereocenters. The van der Waals surface area contributed by atoms with Crippen LogP contribution in [-0.4, -0.2) is 0 Å². The van der Waals surface area contributed by atoms with Gasteiger partial charge in [-0.25, -0.2) is 9.13 Å². The zero-order valence-electron chi connectivity index (χ0n) is 24.4. The number of pyridine rings is 2. The number of aryl methyl sites for hydroxylation is 2. The van der Waals surface area contributed by atoms with Gasteiger partial charge in [-0.15, -0.1) is 11.3 Å². The normalized spacial score (nSPS) is 11.3. The van der Waals surface area contributed by atoms with Crippen LogP contribution in [0.5, 0.6) is 0 Å². The van der Waals surface area contributed by atoms with Crippen LogP contribution in [0, 0.1) is 13.8 Å². The van der Waals surface area contributed by atoms with Gasteiger partial charge in [0.25, 0.3) is 11.6 Å². The van der Waals surface area contributed by atoms with Crippen LogP contribution in [0.3, 0.4) is 0 Å². The quantitative estimate of drug-likeness (QED) is 0.190. The minimum absolute atomic E-state index is 1.09. The zero-order valence-corrected chi connectivity index (χ0v) is 25.2. The molecule has 3 aromatic heterocycles. The third-order valence-electron chi connectivity index (χ3n) is 8.31. The predicted molar refractivity (Wildman–Crippen MR) is 177 cm³/mol. The molecule has 0 bridgehead atoms. The van der Waals surface area contributed by atoms with Crippen LogP contribution in [0.1, 0.15) is 11.1 Å². The van der Waals surface area contributed by atoms with Crippen molar-refractivity contribution in [2.45, 2.75) is 13.8 Å². The van der Waals surface area contributed by atoms with E-state index in [9.17, 15) is 0 Å². The number of rotatable bonds is 5. The molecule has 0 aliphatic rings. The van der Waals surface area contributed by atoms with Gasteiger partial charge in [0.05, 0.1) is 14.1 Å². The van der Waals surface area contributed by atoms with E-state index in [0.29, 0.717) is 0 Å². The fraction of sp³-hybridized carbons (Fsp3) is 0.105. The molecular weight excluding hydrogens is 531 g/mol. The van der Waals surface area contributed by atoms with Crippen molar-refractivity contribution in [1.29, 1.82) is 0 Å². The molecule has 42 heavy (non-hydrogen) atoms. The second-order valence-corrected chi connectivity index (χ2v) is 11.9. The fourth-order valence-electron chi connectivity index (χ4n) is 6.14. The first-order valence-electron chi connectivity index (χ1n) is 14.3. The third-order valence-corrected chi connectivity index (χ3v) is 9.52. The van der Waals surface area contributed by atoms with E-state index in [2.05, 4.69) is 169 Å². The second-order valence-electron chi connectivity index (χ2n) is 10.9. The molecule has 0 aliphatic carbocycles. The maximum atomic E-state index is 2.37. The first-order valence-corrected chi connectivity index (χ1v) is 15.1. The minimum atomic E-state index is 1.09. The summed E-state index contributed by atoms with van der Waals surface area (Å²) in [5, 5.41) is 2.64. The molecule has 0 amide bonds. The van der Waals surface area contributed by atoms with Crippen LogP contribution in [-0.2, 0) is 14.1 Å². The lowest BCUT2D eigenvalue weighted by atomic mass is 10.0. The van der Waals surface area contributed by atoms with E-state index in [4.69, 9.17) is 0 Å². The first-order chi connectivity index (χ1) is 20.5. The van der Waals surface area contributed by atoms with Gasteiger partial charge < -0.3 is 0 Å². The van der Waals surface area contributed by atoms with Gasteiger partial charge in [-0.1, -0.05) is 72.8 Å². The van der Waals surface area contributed by atoms with Gasteiger partial charge in [0, 0.05) is 43.4 Å². The molecule has 0 aliphatic heterocycles. The number of benzene rings is 4. The first kappa shape index (κ1) is 26.1. The zero-order chi connectivity index (χ0) is 28.8. The summed E-state index contributed by atoms with van der Waals surface area (Å²) in [6.07, 6.45) is 0. The van der Waals surface area contributed by atoms with E-state index in [1.54, 1.807) is 0 Å². The number of anilines is 3. The van der Waals surface area contributed by atoms with E-state index < -0.39 is 0 Å². The Bertz CT molecular complexity index is 2090. The molecule has 0 spiro atoms. The van der Waals surface area contributed by atoms with Crippen LogP contribution in [0.4, 0.5) is 17.3 Å². The highest BCUT2D eigenvalue weighted by Crippen LogP contribution is 2.41. The molecule has 7 aromatic rings. The Hall–Kier alpha value is -4.80. The van der Waals surface area contributed by atoms with E-state index >= 15 is 0 Å². The largest absolute Gasteiger partial charge is 0.290 e. The summed E-state index contributed by atoms with van der Waals surface area (Å²) in [5.41, 5.74) is 8.55. The summed E-state index contributed by atoms with van der Waals surface area (Å²) >= 11 is 1.89. The summed E-state index contributed by atoms with van der Waals surface area (Å²) in [7, 11) is 4.36. The van der Waals surface area contributed by atoms with Crippen molar-refractivity contribution in [1.82, 2.24) is 0 Å². The summed E-state index contributed by atoms with van der Waals surface area (Å²) in [6, 6.07) is 45.8. The topological polar surface area (TPSA) is 11.0 Å². The SMILES string of the molecule is Cc1ccccc1-c1cccc(N(c2ccccc2)c2cccc(-c3c(C)ccc4c3sc3ccccc34)[n+]2C)[n+]1C. The second kappa shape index (κ2) is 10.6. The van der Waals surface area contributed by atoms with Crippen molar-refractivity contribution in [2.24, 2.45) is 14.1 Å². The molecule has 0 N–H and O–H groups in total. The number of fused-ring (bicyclic) bond motifs is 3. The number of nitrogens with zero attached hydrogens (tertiary/aromatic N) is 3. The molecule has 0 saturated heterocycles. The van der Waals surface area contributed by atoms with Gasteiger partial charge in [0.1, 0.15) is 17.1 Å². The van der Waals surface area contributed by atoms with Gasteiger partial charge in [-0.3, -0.25) is 0 Å². The van der Waals surface area contributed by atoms with Crippen molar-refractivity contribution in [3.05, 3.63) is 139 Å². The number of hydrogen-bond acceptors (Lipinski definition) is 2. The molecule has 0 atom stereocenters. The van der Waals surface area contributed by atoms with Crippen LogP contribution in [0.25, 0.3) is 42.7 Å². The highest BCUT2D eigenvalue weighted by Gasteiger charge is 2.30. The Balaban J connectivity index is 1.47. The summed E-state index contributed by atoms with van der Waals surface area (Å²) < 4.78 is 7.31. The molecule has 4 heteroatoms. The summed E-state index contributed by atoms with van der Waals surface area (Å²) in [4.78, 5) is 2.37. The van der Waals surface area contributed by atoms with Crippen molar-refractivity contribution in [3.63, 3.8) is 0 Å². The molecule has 204 valence electrons. The Labute approximate surface area is 251 Å². The molecule has 4 aromatic carbocycles. The third kappa shape index (κ3) is 4.27. The van der Waals surface area contributed by atoms with E-state index in [0.717, 1.165) is 17.3 Å². The molecule has 3 heterocycles. The highest BCUT2D eigenvalue weighted by molar-refractivity contribution is 7.26. The average Bonchev–Trinajstić information content (AvgIpc) is 3.39. The number of para-hydroxylation sites is 1. The average molecular weight is 564 g/mol. The van der Waals surface area contributed by atoms with Gasteiger partial charge in [-0.2, -0.15) is 4.90 Å². The predicted octanol–water partition coefficient (Wildman–Crippen LogP) is 9.12. The molecular formula is C38H33N3S+2. The van der Waals surface area contributed by atoms with Crippen molar-refractivity contribution < 1.29 is 9.13 Å². The maximum Gasteiger partial charge on any atom is 0.290 e. The van der Waals surface area contributed by atoms with Crippen LogP contribution in [0.15, 0.2) is 127 Å². The van der Waals surface area contributed by atoms with Gasteiger partial charge in [0.2, 0.25) is 0 Å². The van der Waals surface area contributed by atoms with Crippen molar-refractivity contribution in [2.75, 3.05) is 4.90 Å². The molecule has 3 nitrogen and oxygen atoms in total. The molecule has 0 saturated carbocycles. The Kier molecular flexibility index (Phi) is 6.56. The van der Waals surface area contributed by atoms with E-state index in [1.165, 1.54) is 53.8 Å². The summed E-state index contributed by atoms with van der Waals surface area (Å²) in [6.45, 7) is 4.41. The standard InChI is InChI=1S/C38H33N3S/c1-26-14-8-9-17-29(26)32-19-12-22-35(39(32)3)41(28-15-6-5-7-16-28)36-23-13-20-33(40(36)4)37-27(2)24-25-31-30-18-10-11-21-34(30)42-38(31)37/h5-25H,1-4H3/q+2. The fourth-order valence-corrected chi connectivity index (χ4v) is 7.45.